The van der Waals surface area contributed by atoms with Crippen molar-refractivity contribution in [1.82, 2.24) is 4.31 Å². The van der Waals surface area contributed by atoms with Crippen molar-refractivity contribution in [2.45, 2.75) is 31.6 Å². The molecule has 4 rings (SSSR count). The third-order valence-corrected chi connectivity index (χ3v) is 7.60. The lowest BCUT2D eigenvalue weighted by Gasteiger charge is -2.36. The van der Waals surface area contributed by atoms with E-state index in [0.717, 1.165) is 34.5 Å². The van der Waals surface area contributed by atoms with Gasteiger partial charge in [0.1, 0.15) is 0 Å². The highest BCUT2D eigenvalue weighted by molar-refractivity contribution is 7.89. The number of carbonyl (C=O) groups is 1. The van der Waals surface area contributed by atoms with Crippen LogP contribution in [0.15, 0.2) is 41.3 Å². The van der Waals surface area contributed by atoms with Crippen LogP contribution in [0.3, 0.4) is 0 Å². The molecule has 1 fully saturated rings. The van der Waals surface area contributed by atoms with E-state index in [1.54, 1.807) is 16.4 Å². The lowest BCUT2D eigenvalue weighted by Crippen LogP contribution is -2.48. The van der Waals surface area contributed by atoms with Crippen LogP contribution < -0.4 is 10.2 Å². The fourth-order valence-electron chi connectivity index (χ4n) is 3.78. The van der Waals surface area contributed by atoms with Gasteiger partial charge in [0.2, 0.25) is 15.9 Å². The molecule has 2 aromatic rings. The van der Waals surface area contributed by atoms with Gasteiger partial charge in [0.05, 0.1) is 4.90 Å². The lowest BCUT2D eigenvalue weighted by atomic mass is 10.0. The molecule has 28 heavy (non-hydrogen) atoms. The quantitative estimate of drug-likeness (QED) is 0.862. The number of hydrogen-bond donors (Lipinski definition) is 1. The number of sulfonamides is 1. The largest absolute Gasteiger partial charge is 0.369 e. The molecule has 2 aliphatic heterocycles. The number of nitrogens with zero attached hydrogens (tertiary/aromatic N) is 2. The summed E-state index contributed by atoms with van der Waals surface area (Å²) in [7, 11) is -3.47. The number of rotatable bonds is 3. The highest BCUT2D eigenvalue weighted by atomic mass is 32.2. The molecule has 1 N–H and O–H groups in total. The van der Waals surface area contributed by atoms with E-state index in [1.807, 2.05) is 32.0 Å². The zero-order valence-corrected chi connectivity index (χ0v) is 17.1. The molecule has 0 unspecified atom stereocenters. The van der Waals surface area contributed by atoms with E-state index in [-0.39, 0.29) is 5.91 Å². The van der Waals surface area contributed by atoms with Crippen LogP contribution in [0.25, 0.3) is 0 Å². The molecule has 2 aliphatic rings. The fourth-order valence-corrected chi connectivity index (χ4v) is 5.28. The van der Waals surface area contributed by atoms with Crippen molar-refractivity contribution in [3.05, 3.63) is 53.1 Å². The summed E-state index contributed by atoms with van der Waals surface area (Å²) < 4.78 is 27.5. The third kappa shape index (κ3) is 3.52. The Morgan fingerprint density at radius 3 is 2.36 bits per heavy atom. The second-order valence-electron chi connectivity index (χ2n) is 7.53. The molecule has 148 valence electrons. The predicted octanol–water partition coefficient (Wildman–Crippen LogP) is 2.70. The van der Waals surface area contributed by atoms with Crippen molar-refractivity contribution in [3.8, 4) is 0 Å². The van der Waals surface area contributed by atoms with E-state index in [9.17, 15) is 13.2 Å². The van der Waals surface area contributed by atoms with Gasteiger partial charge >= 0.3 is 0 Å². The minimum Gasteiger partial charge on any atom is -0.369 e. The Hall–Kier alpha value is -2.38. The molecule has 0 spiro atoms. The fraction of sp³-hybridized carbons (Fsp3) is 0.381. The summed E-state index contributed by atoms with van der Waals surface area (Å²) in [4.78, 5) is 14.1. The Morgan fingerprint density at radius 2 is 1.64 bits per heavy atom. The van der Waals surface area contributed by atoms with Gasteiger partial charge in [-0.2, -0.15) is 4.31 Å². The first-order chi connectivity index (χ1) is 13.3. The van der Waals surface area contributed by atoms with Crippen LogP contribution in [-0.2, 0) is 21.2 Å². The van der Waals surface area contributed by atoms with Crippen LogP contribution in [-0.4, -0.2) is 44.8 Å². The molecule has 1 saturated heterocycles. The molecule has 0 aliphatic carbocycles. The number of fused-ring (bicyclic) bond motifs is 1. The summed E-state index contributed by atoms with van der Waals surface area (Å²) in [5.41, 5.74) is 5.18. The van der Waals surface area contributed by atoms with Crippen LogP contribution in [0.4, 0.5) is 11.4 Å². The Bertz CT molecular complexity index is 1030. The maximum absolute atomic E-state index is 13.0. The van der Waals surface area contributed by atoms with Gasteiger partial charge in [-0.1, -0.05) is 6.07 Å². The van der Waals surface area contributed by atoms with Gasteiger partial charge in [0, 0.05) is 44.0 Å². The molecule has 0 aromatic heterocycles. The zero-order valence-electron chi connectivity index (χ0n) is 16.2. The first kappa shape index (κ1) is 19.0. The van der Waals surface area contributed by atoms with Gasteiger partial charge < -0.3 is 10.2 Å². The maximum atomic E-state index is 13.0. The summed E-state index contributed by atoms with van der Waals surface area (Å²) >= 11 is 0. The van der Waals surface area contributed by atoms with Crippen molar-refractivity contribution in [2.24, 2.45) is 0 Å². The molecule has 7 heteroatoms. The molecule has 1 amide bonds. The van der Waals surface area contributed by atoms with Gasteiger partial charge in [-0.3, -0.25) is 4.79 Å². The number of carbonyl (C=O) groups excluding carboxylic acids is 1. The van der Waals surface area contributed by atoms with Crippen LogP contribution in [0, 0.1) is 13.8 Å². The van der Waals surface area contributed by atoms with E-state index in [2.05, 4.69) is 16.3 Å². The molecular formula is C21H25N3O3S. The Morgan fingerprint density at radius 1 is 0.893 bits per heavy atom. The highest BCUT2D eigenvalue weighted by Crippen LogP contribution is 2.29. The molecule has 0 bridgehead atoms. The summed E-state index contributed by atoms with van der Waals surface area (Å²) in [6.45, 7) is 6.13. The van der Waals surface area contributed by atoms with E-state index in [4.69, 9.17) is 0 Å². The smallest absolute Gasteiger partial charge is 0.243 e. The number of nitrogens with one attached hydrogen (secondary N) is 1. The number of anilines is 2. The number of amides is 1. The minimum absolute atomic E-state index is 0.0606. The van der Waals surface area contributed by atoms with Crippen molar-refractivity contribution in [1.29, 1.82) is 0 Å². The van der Waals surface area contributed by atoms with Crippen LogP contribution >= 0.6 is 0 Å². The maximum Gasteiger partial charge on any atom is 0.243 e. The molecular weight excluding hydrogens is 374 g/mol. The van der Waals surface area contributed by atoms with E-state index in [0.29, 0.717) is 37.5 Å². The van der Waals surface area contributed by atoms with Gasteiger partial charge in [-0.05, 0) is 67.3 Å². The average Bonchev–Trinajstić information content (AvgIpc) is 2.69. The van der Waals surface area contributed by atoms with E-state index < -0.39 is 10.0 Å². The van der Waals surface area contributed by atoms with Crippen molar-refractivity contribution >= 4 is 27.3 Å². The summed E-state index contributed by atoms with van der Waals surface area (Å²) in [5.74, 6) is 0.0606. The topological polar surface area (TPSA) is 69.7 Å². The lowest BCUT2D eigenvalue weighted by molar-refractivity contribution is -0.116. The predicted molar refractivity (Wildman–Crippen MR) is 110 cm³/mol. The summed E-state index contributed by atoms with van der Waals surface area (Å²) in [6, 6.07) is 11.4. The first-order valence-electron chi connectivity index (χ1n) is 9.60. The van der Waals surface area contributed by atoms with Crippen LogP contribution in [0.1, 0.15) is 23.1 Å². The number of piperazine rings is 1. The number of aryl methyl sites for hydroxylation is 3. The van der Waals surface area contributed by atoms with E-state index >= 15 is 0 Å². The standard InChI is InChI=1S/C21H25N3O3S/c1-15-3-6-19(13-16(15)2)28(26,27)24-11-9-23(10-12-24)18-5-7-20-17(14-18)4-8-21(25)22-20/h3,5-7,13-14H,4,8-12H2,1-2H3,(H,22,25). The van der Waals surface area contributed by atoms with Crippen molar-refractivity contribution in [2.75, 3.05) is 36.4 Å². The van der Waals surface area contributed by atoms with Gasteiger partial charge in [-0.25, -0.2) is 8.42 Å². The van der Waals surface area contributed by atoms with Gasteiger partial charge in [0.15, 0.2) is 0 Å². The highest BCUT2D eigenvalue weighted by Gasteiger charge is 2.29. The third-order valence-electron chi connectivity index (χ3n) is 5.70. The minimum atomic E-state index is -3.47. The Labute approximate surface area is 166 Å². The van der Waals surface area contributed by atoms with Gasteiger partial charge in [0.25, 0.3) is 0 Å². The average molecular weight is 400 g/mol. The second-order valence-corrected chi connectivity index (χ2v) is 9.46. The molecule has 2 heterocycles. The zero-order chi connectivity index (χ0) is 19.9. The molecule has 0 saturated carbocycles. The van der Waals surface area contributed by atoms with Crippen molar-refractivity contribution in [3.63, 3.8) is 0 Å². The summed E-state index contributed by atoms with van der Waals surface area (Å²) in [5, 5.41) is 2.90. The first-order valence-corrected chi connectivity index (χ1v) is 11.0. The SMILES string of the molecule is Cc1ccc(S(=O)(=O)N2CCN(c3ccc4c(c3)CCC(=O)N4)CC2)cc1C. The molecule has 0 radical (unpaired) electrons. The van der Waals surface area contributed by atoms with Crippen LogP contribution in [0.5, 0.6) is 0 Å². The molecule has 2 aromatic carbocycles. The molecule has 6 nitrogen and oxygen atoms in total. The van der Waals surface area contributed by atoms with Crippen molar-refractivity contribution < 1.29 is 13.2 Å². The normalized spacial score (nSPS) is 17.9. The summed E-state index contributed by atoms with van der Waals surface area (Å²) in [6.07, 6.45) is 1.26. The Kier molecular flexibility index (Phi) is 4.89. The second kappa shape index (κ2) is 7.22. The Balaban J connectivity index is 1.47. The van der Waals surface area contributed by atoms with E-state index in [1.165, 1.54) is 0 Å². The molecule has 0 atom stereocenters. The number of hydrogen-bond acceptors (Lipinski definition) is 4. The van der Waals surface area contributed by atoms with Crippen LogP contribution in [0.2, 0.25) is 0 Å². The number of benzene rings is 2. The van der Waals surface area contributed by atoms with Gasteiger partial charge in [-0.15, -0.1) is 0 Å². The monoisotopic (exact) mass is 399 g/mol.